The van der Waals surface area contributed by atoms with Crippen LogP contribution in [0, 0.1) is 6.92 Å². The van der Waals surface area contributed by atoms with E-state index < -0.39 is 0 Å². The van der Waals surface area contributed by atoms with Crippen LogP contribution in [-0.2, 0) is 0 Å². The van der Waals surface area contributed by atoms with Gasteiger partial charge in [-0.25, -0.2) is 0 Å². The van der Waals surface area contributed by atoms with Gasteiger partial charge in [-0.05, 0) is 31.5 Å². The normalized spacial score (nSPS) is 24.2. The van der Waals surface area contributed by atoms with Gasteiger partial charge in [0.15, 0.2) is 0 Å². The standard InChI is InChI=1S/C13H19NS/c1-4-7-14-13-10(3)15-12-6-5-9(2)8-11(12)13/h5-6,8,10,13-14H,4,7H2,1-3H3. The topological polar surface area (TPSA) is 12.0 Å². The third-order valence-corrected chi connectivity index (χ3v) is 4.17. The summed E-state index contributed by atoms with van der Waals surface area (Å²) < 4.78 is 0. The molecule has 0 aromatic heterocycles. The van der Waals surface area contributed by atoms with Crippen LogP contribution in [0.25, 0.3) is 0 Å². The Morgan fingerprint density at radius 3 is 2.93 bits per heavy atom. The predicted molar refractivity (Wildman–Crippen MR) is 67.5 cm³/mol. The average molecular weight is 221 g/mol. The molecule has 0 saturated heterocycles. The Kier molecular flexibility index (Phi) is 3.37. The molecule has 0 radical (unpaired) electrons. The first-order chi connectivity index (χ1) is 7.22. The summed E-state index contributed by atoms with van der Waals surface area (Å²) in [5.41, 5.74) is 2.87. The van der Waals surface area contributed by atoms with Crippen LogP contribution >= 0.6 is 11.8 Å². The first-order valence-electron chi connectivity index (χ1n) is 5.73. The van der Waals surface area contributed by atoms with E-state index in [4.69, 9.17) is 0 Å². The zero-order chi connectivity index (χ0) is 10.8. The predicted octanol–water partition coefficient (Wildman–Crippen LogP) is 3.53. The minimum Gasteiger partial charge on any atom is -0.309 e. The fraction of sp³-hybridized carbons (Fsp3) is 0.538. The highest BCUT2D eigenvalue weighted by Gasteiger charge is 2.29. The van der Waals surface area contributed by atoms with Crippen molar-refractivity contribution in [2.75, 3.05) is 6.54 Å². The maximum Gasteiger partial charge on any atom is 0.0452 e. The molecule has 0 bridgehead atoms. The molecule has 2 unspecified atom stereocenters. The van der Waals surface area contributed by atoms with E-state index in [2.05, 4.69) is 44.3 Å². The Morgan fingerprint density at radius 2 is 2.20 bits per heavy atom. The van der Waals surface area contributed by atoms with Gasteiger partial charge in [-0.1, -0.05) is 31.5 Å². The molecule has 0 saturated carbocycles. The second-order valence-corrected chi connectivity index (χ2v) is 5.72. The highest BCUT2D eigenvalue weighted by molar-refractivity contribution is 8.00. The van der Waals surface area contributed by atoms with Crippen molar-refractivity contribution in [3.05, 3.63) is 29.3 Å². The van der Waals surface area contributed by atoms with Gasteiger partial charge in [-0.2, -0.15) is 0 Å². The highest BCUT2D eigenvalue weighted by atomic mass is 32.2. The van der Waals surface area contributed by atoms with Gasteiger partial charge in [0.1, 0.15) is 0 Å². The SMILES string of the molecule is CCCNC1c2cc(C)ccc2SC1C. The lowest BCUT2D eigenvalue weighted by Gasteiger charge is -2.17. The summed E-state index contributed by atoms with van der Waals surface area (Å²) in [5.74, 6) is 0. The monoisotopic (exact) mass is 221 g/mol. The van der Waals surface area contributed by atoms with E-state index in [0.717, 1.165) is 6.54 Å². The van der Waals surface area contributed by atoms with Crippen molar-refractivity contribution in [3.8, 4) is 0 Å². The van der Waals surface area contributed by atoms with Crippen molar-refractivity contribution < 1.29 is 0 Å². The third kappa shape index (κ3) is 2.21. The second kappa shape index (κ2) is 4.58. The highest BCUT2D eigenvalue weighted by Crippen LogP contribution is 2.43. The minimum atomic E-state index is 0.546. The number of nitrogens with one attached hydrogen (secondary N) is 1. The van der Waals surface area contributed by atoms with Crippen LogP contribution in [0.4, 0.5) is 0 Å². The zero-order valence-corrected chi connectivity index (χ0v) is 10.5. The lowest BCUT2D eigenvalue weighted by Crippen LogP contribution is -2.26. The van der Waals surface area contributed by atoms with E-state index >= 15 is 0 Å². The van der Waals surface area contributed by atoms with E-state index in [1.807, 2.05) is 11.8 Å². The molecule has 0 spiro atoms. The van der Waals surface area contributed by atoms with Crippen molar-refractivity contribution in [3.63, 3.8) is 0 Å². The molecule has 1 heterocycles. The van der Waals surface area contributed by atoms with E-state index in [0.29, 0.717) is 11.3 Å². The summed E-state index contributed by atoms with van der Waals surface area (Å²) in [4.78, 5) is 1.46. The summed E-state index contributed by atoms with van der Waals surface area (Å²) >= 11 is 2.00. The fourth-order valence-electron chi connectivity index (χ4n) is 2.12. The van der Waals surface area contributed by atoms with Crippen LogP contribution in [0.2, 0.25) is 0 Å². The van der Waals surface area contributed by atoms with E-state index in [1.54, 1.807) is 0 Å². The largest absolute Gasteiger partial charge is 0.309 e. The first kappa shape index (κ1) is 11.0. The van der Waals surface area contributed by atoms with Gasteiger partial charge >= 0.3 is 0 Å². The Balaban J connectivity index is 2.23. The smallest absolute Gasteiger partial charge is 0.0452 e. The molecule has 2 heteroatoms. The van der Waals surface area contributed by atoms with Crippen molar-refractivity contribution in [1.29, 1.82) is 0 Å². The van der Waals surface area contributed by atoms with Crippen LogP contribution in [0.5, 0.6) is 0 Å². The van der Waals surface area contributed by atoms with Crippen LogP contribution in [0.15, 0.2) is 23.1 Å². The summed E-state index contributed by atoms with van der Waals surface area (Å²) in [7, 11) is 0. The lowest BCUT2D eigenvalue weighted by molar-refractivity contribution is 0.532. The van der Waals surface area contributed by atoms with E-state index in [1.165, 1.54) is 22.4 Å². The summed E-state index contributed by atoms with van der Waals surface area (Å²) in [6.45, 7) is 7.82. The Bertz CT molecular complexity index is 348. The molecule has 0 amide bonds. The number of hydrogen-bond donors (Lipinski definition) is 1. The van der Waals surface area contributed by atoms with Gasteiger partial charge in [-0.3, -0.25) is 0 Å². The summed E-state index contributed by atoms with van der Waals surface area (Å²) in [6.07, 6.45) is 1.20. The maximum absolute atomic E-state index is 3.64. The molecular weight excluding hydrogens is 202 g/mol. The van der Waals surface area contributed by atoms with Crippen molar-refractivity contribution in [2.45, 2.75) is 43.4 Å². The summed E-state index contributed by atoms with van der Waals surface area (Å²) in [6, 6.07) is 7.35. The fourth-order valence-corrected chi connectivity index (χ4v) is 3.36. The molecule has 1 aliphatic rings. The molecular formula is C13H19NS. The zero-order valence-electron chi connectivity index (χ0n) is 9.71. The molecule has 15 heavy (non-hydrogen) atoms. The molecule has 2 atom stereocenters. The Hall–Kier alpha value is -0.470. The molecule has 1 aromatic carbocycles. The number of fused-ring (bicyclic) bond motifs is 1. The van der Waals surface area contributed by atoms with Gasteiger partial charge in [0, 0.05) is 16.2 Å². The number of rotatable bonds is 3. The number of hydrogen-bond acceptors (Lipinski definition) is 2. The van der Waals surface area contributed by atoms with E-state index in [-0.39, 0.29) is 0 Å². The Morgan fingerprint density at radius 1 is 1.40 bits per heavy atom. The molecule has 82 valence electrons. The Labute approximate surface area is 96.7 Å². The number of benzene rings is 1. The number of thioether (sulfide) groups is 1. The van der Waals surface area contributed by atoms with Crippen LogP contribution < -0.4 is 5.32 Å². The van der Waals surface area contributed by atoms with Gasteiger partial charge < -0.3 is 5.32 Å². The molecule has 1 nitrogen and oxygen atoms in total. The van der Waals surface area contributed by atoms with Crippen LogP contribution in [0.1, 0.15) is 37.4 Å². The molecule has 1 aromatic rings. The second-order valence-electron chi connectivity index (χ2n) is 4.30. The summed E-state index contributed by atoms with van der Waals surface area (Å²) in [5, 5.41) is 4.30. The van der Waals surface area contributed by atoms with Crippen molar-refractivity contribution in [1.82, 2.24) is 5.32 Å². The van der Waals surface area contributed by atoms with Crippen LogP contribution in [-0.4, -0.2) is 11.8 Å². The average Bonchev–Trinajstić information content (AvgIpc) is 2.51. The minimum absolute atomic E-state index is 0.546. The van der Waals surface area contributed by atoms with Crippen molar-refractivity contribution in [2.24, 2.45) is 0 Å². The molecule has 0 fully saturated rings. The lowest BCUT2D eigenvalue weighted by atomic mass is 10.0. The number of aryl methyl sites for hydroxylation is 1. The van der Waals surface area contributed by atoms with E-state index in [9.17, 15) is 0 Å². The van der Waals surface area contributed by atoms with Gasteiger partial charge in [0.05, 0.1) is 0 Å². The van der Waals surface area contributed by atoms with Crippen molar-refractivity contribution >= 4 is 11.8 Å². The van der Waals surface area contributed by atoms with Gasteiger partial charge in [0.25, 0.3) is 0 Å². The third-order valence-electron chi connectivity index (χ3n) is 2.90. The molecule has 1 aliphatic heterocycles. The van der Waals surface area contributed by atoms with Gasteiger partial charge in [0.2, 0.25) is 0 Å². The molecule has 0 aliphatic carbocycles. The molecule has 1 N–H and O–H groups in total. The maximum atomic E-state index is 3.64. The quantitative estimate of drug-likeness (QED) is 0.838. The van der Waals surface area contributed by atoms with Crippen LogP contribution in [0.3, 0.4) is 0 Å². The van der Waals surface area contributed by atoms with Gasteiger partial charge in [-0.15, -0.1) is 11.8 Å². The molecule has 2 rings (SSSR count). The first-order valence-corrected chi connectivity index (χ1v) is 6.61.